The van der Waals surface area contributed by atoms with Crippen molar-refractivity contribution in [3.63, 3.8) is 0 Å². The first-order valence-corrected chi connectivity index (χ1v) is 8.05. The number of pyridine rings is 1. The summed E-state index contributed by atoms with van der Waals surface area (Å²) in [6.45, 7) is 0.177. The van der Waals surface area contributed by atoms with Gasteiger partial charge in [0.2, 0.25) is 5.91 Å². The molecule has 1 atom stereocenters. The highest BCUT2D eigenvalue weighted by atomic mass is 19.4. The Bertz CT molecular complexity index is 786. The highest BCUT2D eigenvalue weighted by Gasteiger charge is 2.30. The van der Waals surface area contributed by atoms with E-state index < -0.39 is 36.5 Å². The molecule has 0 radical (unpaired) electrons. The number of rotatable bonds is 6. The number of carbonyl (C=O) groups excluding carboxylic acids is 1. The second-order valence-corrected chi connectivity index (χ2v) is 5.98. The number of amides is 1. The van der Waals surface area contributed by atoms with Gasteiger partial charge < -0.3 is 10.1 Å². The van der Waals surface area contributed by atoms with Crippen LogP contribution in [0, 0.1) is 0 Å². The van der Waals surface area contributed by atoms with Gasteiger partial charge >= 0.3 is 12.4 Å². The van der Waals surface area contributed by atoms with E-state index in [0.29, 0.717) is 11.3 Å². The van der Waals surface area contributed by atoms with Gasteiger partial charge in [0.15, 0.2) is 6.61 Å². The summed E-state index contributed by atoms with van der Waals surface area (Å²) in [6, 6.07) is 6.39. The standard InChI is InChI=1S/C18H16F6N2O2/c1-11(15-7-6-14(9-25-15)28-10-17(19,20)21)26-16(27)8-12-2-4-13(5-3-12)18(22,23)24/h2-7,9,11H,8,10H2,1H3,(H,26,27)/t11-/m1/s1. The Morgan fingerprint density at radius 1 is 1.07 bits per heavy atom. The predicted octanol–water partition coefficient (Wildman–Crippen LogP) is 4.46. The van der Waals surface area contributed by atoms with Crippen LogP contribution in [-0.4, -0.2) is 23.7 Å². The fourth-order valence-corrected chi connectivity index (χ4v) is 2.26. The first kappa shape index (κ1) is 21.5. The quantitative estimate of drug-likeness (QED) is 0.721. The third-order valence-corrected chi connectivity index (χ3v) is 3.63. The number of ether oxygens (including phenoxy) is 1. The van der Waals surface area contributed by atoms with Crippen molar-refractivity contribution >= 4 is 5.91 Å². The van der Waals surface area contributed by atoms with E-state index in [2.05, 4.69) is 15.0 Å². The van der Waals surface area contributed by atoms with Gasteiger partial charge in [0.05, 0.1) is 29.9 Å². The maximum absolute atomic E-state index is 12.5. The van der Waals surface area contributed by atoms with Crippen LogP contribution in [-0.2, 0) is 17.4 Å². The number of aromatic nitrogens is 1. The molecule has 1 aromatic carbocycles. The molecule has 0 aliphatic rings. The number of benzene rings is 1. The minimum Gasteiger partial charge on any atom is -0.483 e. The normalized spacial score (nSPS) is 13.1. The molecular weight excluding hydrogens is 390 g/mol. The molecule has 28 heavy (non-hydrogen) atoms. The van der Waals surface area contributed by atoms with Crippen LogP contribution in [0.3, 0.4) is 0 Å². The van der Waals surface area contributed by atoms with Crippen LogP contribution in [0.2, 0.25) is 0 Å². The molecule has 0 bridgehead atoms. The Morgan fingerprint density at radius 2 is 1.71 bits per heavy atom. The summed E-state index contributed by atoms with van der Waals surface area (Å²) in [5.41, 5.74) is -0.0104. The summed E-state index contributed by atoms with van der Waals surface area (Å²) in [6.07, 6.45) is -7.93. The van der Waals surface area contributed by atoms with Gasteiger partial charge in [0, 0.05) is 0 Å². The average molecular weight is 406 g/mol. The molecule has 2 aromatic rings. The van der Waals surface area contributed by atoms with Crippen LogP contribution in [0.25, 0.3) is 0 Å². The fraction of sp³-hybridized carbons (Fsp3) is 0.333. The first-order valence-electron chi connectivity index (χ1n) is 8.05. The van der Waals surface area contributed by atoms with E-state index in [9.17, 15) is 31.1 Å². The summed E-state index contributed by atoms with van der Waals surface area (Å²) >= 11 is 0. The van der Waals surface area contributed by atoms with Crippen LogP contribution >= 0.6 is 0 Å². The van der Waals surface area contributed by atoms with E-state index in [1.165, 1.54) is 24.3 Å². The molecule has 10 heteroatoms. The van der Waals surface area contributed by atoms with Gasteiger partial charge in [-0.2, -0.15) is 26.3 Å². The highest BCUT2D eigenvalue weighted by molar-refractivity contribution is 5.78. The zero-order chi connectivity index (χ0) is 20.9. The SMILES string of the molecule is C[C@@H](NC(=O)Cc1ccc(C(F)(F)F)cc1)c1ccc(OCC(F)(F)F)cn1. The minimum atomic E-state index is -4.46. The lowest BCUT2D eigenvalue weighted by Gasteiger charge is -2.15. The van der Waals surface area contributed by atoms with Crippen molar-refractivity contribution in [3.8, 4) is 5.75 Å². The van der Waals surface area contributed by atoms with E-state index in [0.717, 1.165) is 18.3 Å². The molecule has 4 nitrogen and oxygen atoms in total. The lowest BCUT2D eigenvalue weighted by molar-refractivity contribution is -0.153. The smallest absolute Gasteiger partial charge is 0.422 e. The Hall–Kier alpha value is -2.78. The highest BCUT2D eigenvalue weighted by Crippen LogP contribution is 2.29. The van der Waals surface area contributed by atoms with Crippen molar-refractivity contribution in [2.24, 2.45) is 0 Å². The predicted molar refractivity (Wildman–Crippen MR) is 87.5 cm³/mol. The monoisotopic (exact) mass is 406 g/mol. The minimum absolute atomic E-state index is 0.0654. The molecule has 0 aliphatic heterocycles. The largest absolute Gasteiger partial charge is 0.483 e. The number of hydrogen-bond acceptors (Lipinski definition) is 3. The Labute approximate surface area is 156 Å². The molecule has 1 amide bonds. The Balaban J connectivity index is 1.89. The Kier molecular flexibility index (Phi) is 6.52. The van der Waals surface area contributed by atoms with Crippen LogP contribution in [0.5, 0.6) is 5.75 Å². The van der Waals surface area contributed by atoms with Crippen molar-refractivity contribution in [1.82, 2.24) is 10.3 Å². The fourth-order valence-electron chi connectivity index (χ4n) is 2.26. The van der Waals surface area contributed by atoms with Crippen molar-refractivity contribution in [1.29, 1.82) is 0 Å². The van der Waals surface area contributed by atoms with E-state index >= 15 is 0 Å². The Morgan fingerprint density at radius 3 is 2.21 bits per heavy atom. The number of nitrogens with zero attached hydrogens (tertiary/aromatic N) is 1. The summed E-state index contributed by atoms with van der Waals surface area (Å²) in [4.78, 5) is 16.0. The first-order chi connectivity index (χ1) is 12.9. The summed E-state index contributed by atoms with van der Waals surface area (Å²) in [7, 11) is 0. The van der Waals surface area contributed by atoms with Crippen molar-refractivity contribution in [2.75, 3.05) is 6.61 Å². The van der Waals surface area contributed by atoms with Gasteiger partial charge in [-0.15, -0.1) is 0 Å². The molecule has 0 saturated heterocycles. The van der Waals surface area contributed by atoms with E-state index in [-0.39, 0.29) is 12.2 Å². The zero-order valence-electron chi connectivity index (χ0n) is 14.6. The van der Waals surface area contributed by atoms with Gasteiger partial charge in [0.25, 0.3) is 0 Å². The molecule has 0 aliphatic carbocycles. The van der Waals surface area contributed by atoms with Gasteiger partial charge in [-0.05, 0) is 36.8 Å². The van der Waals surface area contributed by atoms with Crippen LogP contribution in [0.4, 0.5) is 26.3 Å². The maximum atomic E-state index is 12.5. The summed E-state index contributed by atoms with van der Waals surface area (Å²) < 4.78 is 78.4. The van der Waals surface area contributed by atoms with Gasteiger partial charge in [-0.25, -0.2) is 0 Å². The van der Waals surface area contributed by atoms with Gasteiger partial charge in [-0.1, -0.05) is 12.1 Å². The molecule has 0 saturated carbocycles. The molecule has 0 unspecified atom stereocenters. The number of carbonyl (C=O) groups is 1. The lowest BCUT2D eigenvalue weighted by atomic mass is 10.1. The third-order valence-electron chi connectivity index (χ3n) is 3.63. The van der Waals surface area contributed by atoms with Gasteiger partial charge in [0.1, 0.15) is 5.75 Å². The van der Waals surface area contributed by atoms with Crippen LogP contribution in [0.15, 0.2) is 42.6 Å². The summed E-state index contributed by atoms with van der Waals surface area (Å²) in [5, 5.41) is 2.62. The topological polar surface area (TPSA) is 51.2 Å². The van der Waals surface area contributed by atoms with Crippen molar-refractivity contribution in [2.45, 2.75) is 31.7 Å². The van der Waals surface area contributed by atoms with Crippen molar-refractivity contribution < 1.29 is 35.9 Å². The molecule has 1 heterocycles. The van der Waals surface area contributed by atoms with Crippen LogP contribution < -0.4 is 10.1 Å². The molecule has 1 N–H and O–H groups in total. The van der Waals surface area contributed by atoms with Crippen LogP contribution in [0.1, 0.15) is 29.8 Å². The molecule has 152 valence electrons. The number of alkyl halides is 6. The lowest BCUT2D eigenvalue weighted by Crippen LogP contribution is -2.28. The average Bonchev–Trinajstić information content (AvgIpc) is 2.59. The van der Waals surface area contributed by atoms with E-state index in [4.69, 9.17) is 0 Å². The molecule has 1 aromatic heterocycles. The van der Waals surface area contributed by atoms with E-state index in [1.54, 1.807) is 6.92 Å². The second-order valence-electron chi connectivity index (χ2n) is 5.98. The number of hydrogen-bond donors (Lipinski definition) is 1. The molecule has 2 rings (SSSR count). The zero-order valence-corrected chi connectivity index (χ0v) is 14.6. The molecular formula is C18H16F6N2O2. The van der Waals surface area contributed by atoms with E-state index in [1.807, 2.05) is 0 Å². The second kappa shape index (κ2) is 8.49. The number of halogens is 6. The molecule has 0 spiro atoms. The van der Waals surface area contributed by atoms with Gasteiger partial charge in [-0.3, -0.25) is 9.78 Å². The third kappa shape index (κ3) is 6.75. The maximum Gasteiger partial charge on any atom is 0.422 e. The number of nitrogens with one attached hydrogen (secondary N) is 1. The molecule has 0 fully saturated rings. The summed E-state index contributed by atoms with van der Waals surface area (Å²) in [5.74, 6) is -0.504. The van der Waals surface area contributed by atoms with Crippen molar-refractivity contribution in [3.05, 3.63) is 59.4 Å².